The number of nitrogens with zero attached hydrogens (tertiary/aromatic N) is 2. The van der Waals surface area contributed by atoms with Crippen LogP contribution in [0.15, 0.2) is 29.1 Å². The highest BCUT2D eigenvalue weighted by atomic mass is 16.2. The van der Waals surface area contributed by atoms with E-state index in [2.05, 4.69) is 10.4 Å². The molecule has 0 bridgehead atoms. The molecular weight excluding hydrogens is 266 g/mol. The Morgan fingerprint density at radius 3 is 2.62 bits per heavy atom. The number of fused-ring (bicyclic) bond motifs is 1. The summed E-state index contributed by atoms with van der Waals surface area (Å²) < 4.78 is 1.41. The lowest BCUT2D eigenvalue weighted by molar-refractivity contribution is 0.0945. The summed E-state index contributed by atoms with van der Waals surface area (Å²) in [6.45, 7) is 4.55. The summed E-state index contributed by atoms with van der Waals surface area (Å²) in [6, 6.07) is 7.44. The van der Waals surface area contributed by atoms with Crippen LogP contribution in [0.3, 0.4) is 0 Å². The molecule has 5 heteroatoms. The van der Waals surface area contributed by atoms with Gasteiger partial charge in [-0.3, -0.25) is 9.59 Å². The quantitative estimate of drug-likeness (QED) is 0.933. The molecule has 2 aromatic rings. The first-order valence-electron chi connectivity index (χ1n) is 7.37. The zero-order valence-corrected chi connectivity index (χ0v) is 12.3. The fraction of sp³-hybridized carbons (Fsp3) is 0.438. The summed E-state index contributed by atoms with van der Waals surface area (Å²) in [6.07, 6.45) is 2.05. The number of aromatic nitrogens is 2. The van der Waals surface area contributed by atoms with Crippen molar-refractivity contribution in [2.45, 2.75) is 39.3 Å². The van der Waals surface area contributed by atoms with Crippen molar-refractivity contribution in [3.63, 3.8) is 0 Å². The molecule has 110 valence electrons. The van der Waals surface area contributed by atoms with E-state index in [1.165, 1.54) is 4.68 Å². The summed E-state index contributed by atoms with van der Waals surface area (Å²) in [5, 5.41) is 8.43. The van der Waals surface area contributed by atoms with Gasteiger partial charge in [0.1, 0.15) is 0 Å². The molecular formula is C16H19N3O2. The van der Waals surface area contributed by atoms with Crippen molar-refractivity contribution >= 4 is 16.7 Å². The lowest BCUT2D eigenvalue weighted by atomic mass is 10.1. The van der Waals surface area contributed by atoms with Crippen LogP contribution < -0.4 is 10.9 Å². The first-order chi connectivity index (χ1) is 10.1. The minimum absolute atomic E-state index is 0.137. The maximum absolute atomic E-state index is 12.4. The van der Waals surface area contributed by atoms with E-state index in [1.807, 2.05) is 26.0 Å². The molecule has 0 atom stereocenters. The summed E-state index contributed by atoms with van der Waals surface area (Å²) in [7, 11) is 0. The number of carbonyl (C=O) groups excluding carboxylic acids is 1. The van der Waals surface area contributed by atoms with Gasteiger partial charge in [0, 0.05) is 18.0 Å². The van der Waals surface area contributed by atoms with Gasteiger partial charge in [-0.2, -0.15) is 5.10 Å². The Morgan fingerprint density at radius 2 is 2.00 bits per heavy atom. The van der Waals surface area contributed by atoms with Crippen molar-refractivity contribution < 1.29 is 4.79 Å². The number of hydrogen-bond donors (Lipinski definition) is 1. The molecule has 1 aliphatic rings. The molecule has 3 rings (SSSR count). The Hall–Kier alpha value is -2.17. The van der Waals surface area contributed by atoms with Gasteiger partial charge in [0.05, 0.1) is 5.39 Å². The maximum atomic E-state index is 12.4. The molecule has 1 amide bonds. The van der Waals surface area contributed by atoms with Crippen LogP contribution in [0.4, 0.5) is 0 Å². The summed E-state index contributed by atoms with van der Waals surface area (Å²) in [5.41, 5.74) is 0.208. The third kappa shape index (κ3) is 2.82. The Balaban J connectivity index is 2.14. The molecule has 1 aromatic carbocycles. The predicted molar refractivity (Wildman–Crippen MR) is 81.3 cm³/mol. The van der Waals surface area contributed by atoms with Gasteiger partial charge in [-0.1, -0.05) is 32.0 Å². The van der Waals surface area contributed by atoms with Crippen molar-refractivity contribution in [1.82, 2.24) is 15.1 Å². The highest BCUT2D eigenvalue weighted by Crippen LogP contribution is 2.20. The van der Waals surface area contributed by atoms with Crippen LogP contribution in [0.2, 0.25) is 0 Å². The van der Waals surface area contributed by atoms with E-state index >= 15 is 0 Å². The smallest absolute Gasteiger partial charge is 0.274 e. The first-order valence-corrected chi connectivity index (χ1v) is 7.37. The average Bonchev–Trinajstić information content (AvgIpc) is 3.25. The highest BCUT2D eigenvalue weighted by Gasteiger charge is 2.26. The molecule has 21 heavy (non-hydrogen) atoms. The van der Waals surface area contributed by atoms with Gasteiger partial charge in [0.25, 0.3) is 11.5 Å². The molecule has 0 aliphatic heterocycles. The lowest BCUT2D eigenvalue weighted by Crippen LogP contribution is -2.32. The molecule has 1 N–H and O–H groups in total. The van der Waals surface area contributed by atoms with Crippen LogP contribution in [-0.4, -0.2) is 21.7 Å². The van der Waals surface area contributed by atoms with Gasteiger partial charge in [-0.05, 0) is 24.8 Å². The zero-order valence-electron chi connectivity index (χ0n) is 12.3. The average molecular weight is 285 g/mol. The van der Waals surface area contributed by atoms with Gasteiger partial charge in [-0.15, -0.1) is 0 Å². The summed E-state index contributed by atoms with van der Waals surface area (Å²) in [5.74, 6) is 0.0990. The van der Waals surface area contributed by atoms with Crippen molar-refractivity contribution in [3.05, 3.63) is 40.3 Å². The lowest BCUT2D eigenvalue weighted by Gasteiger charge is -2.12. The minimum atomic E-state index is -0.189. The van der Waals surface area contributed by atoms with E-state index in [0.717, 1.165) is 12.8 Å². The van der Waals surface area contributed by atoms with Crippen molar-refractivity contribution in [3.8, 4) is 0 Å². The van der Waals surface area contributed by atoms with Crippen LogP contribution in [0.5, 0.6) is 0 Å². The summed E-state index contributed by atoms with van der Waals surface area (Å²) in [4.78, 5) is 24.8. The van der Waals surface area contributed by atoms with Crippen molar-refractivity contribution in [1.29, 1.82) is 0 Å². The molecule has 1 aliphatic carbocycles. The monoisotopic (exact) mass is 285 g/mol. The van der Waals surface area contributed by atoms with Crippen LogP contribution in [0.25, 0.3) is 10.8 Å². The van der Waals surface area contributed by atoms with Crippen LogP contribution >= 0.6 is 0 Å². The van der Waals surface area contributed by atoms with Gasteiger partial charge >= 0.3 is 0 Å². The van der Waals surface area contributed by atoms with E-state index in [9.17, 15) is 9.59 Å². The molecule has 1 fully saturated rings. The molecule has 5 nitrogen and oxygen atoms in total. The normalized spacial score (nSPS) is 14.6. The zero-order chi connectivity index (χ0) is 15.0. The molecule has 1 saturated carbocycles. The second-order valence-corrected chi connectivity index (χ2v) is 6.02. The fourth-order valence-electron chi connectivity index (χ4n) is 2.35. The van der Waals surface area contributed by atoms with Crippen LogP contribution in [-0.2, 0) is 6.54 Å². The van der Waals surface area contributed by atoms with Crippen molar-refractivity contribution in [2.75, 3.05) is 0 Å². The number of benzene rings is 1. The van der Waals surface area contributed by atoms with Gasteiger partial charge < -0.3 is 5.32 Å². The molecule has 0 spiro atoms. The molecule has 1 aromatic heterocycles. The number of hydrogen-bond acceptors (Lipinski definition) is 3. The van der Waals surface area contributed by atoms with E-state index in [4.69, 9.17) is 0 Å². The Kier molecular flexibility index (Phi) is 3.49. The number of rotatable bonds is 4. The number of nitrogens with one attached hydrogen (secondary N) is 1. The molecule has 1 heterocycles. The Labute approximate surface area is 123 Å². The van der Waals surface area contributed by atoms with Gasteiger partial charge in [0.2, 0.25) is 0 Å². The number of carbonyl (C=O) groups is 1. The molecule has 0 unspecified atom stereocenters. The van der Waals surface area contributed by atoms with E-state index in [1.54, 1.807) is 12.1 Å². The van der Waals surface area contributed by atoms with E-state index in [-0.39, 0.29) is 23.4 Å². The second kappa shape index (κ2) is 5.31. The predicted octanol–water partition coefficient (Wildman–Crippen LogP) is 1.94. The van der Waals surface area contributed by atoms with Gasteiger partial charge in [0.15, 0.2) is 5.69 Å². The highest BCUT2D eigenvalue weighted by molar-refractivity contribution is 6.04. The standard InChI is InChI=1S/C16H19N3O2/c1-10(2)9-19-16(21)13-6-4-3-5-12(13)14(18-19)15(20)17-11-7-8-11/h3-6,10-11H,7-9H2,1-2H3,(H,17,20). The summed E-state index contributed by atoms with van der Waals surface area (Å²) >= 11 is 0. The second-order valence-electron chi connectivity index (χ2n) is 6.02. The first kappa shape index (κ1) is 13.8. The molecule has 0 radical (unpaired) electrons. The van der Waals surface area contributed by atoms with Gasteiger partial charge in [-0.25, -0.2) is 4.68 Å². The van der Waals surface area contributed by atoms with Crippen LogP contribution in [0.1, 0.15) is 37.2 Å². The fourth-order valence-corrected chi connectivity index (χ4v) is 2.35. The topological polar surface area (TPSA) is 64.0 Å². The third-order valence-corrected chi connectivity index (χ3v) is 3.53. The maximum Gasteiger partial charge on any atom is 0.274 e. The Bertz CT molecular complexity index is 745. The number of amides is 1. The molecule has 0 saturated heterocycles. The minimum Gasteiger partial charge on any atom is -0.348 e. The largest absolute Gasteiger partial charge is 0.348 e. The van der Waals surface area contributed by atoms with E-state index in [0.29, 0.717) is 23.0 Å². The van der Waals surface area contributed by atoms with Crippen LogP contribution in [0, 0.1) is 5.92 Å². The Morgan fingerprint density at radius 1 is 1.33 bits per heavy atom. The van der Waals surface area contributed by atoms with Crippen molar-refractivity contribution in [2.24, 2.45) is 5.92 Å². The van der Waals surface area contributed by atoms with E-state index < -0.39 is 0 Å². The SMILES string of the molecule is CC(C)Cn1nc(C(=O)NC2CC2)c2ccccc2c1=O. The third-order valence-electron chi connectivity index (χ3n) is 3.53.